The third kappa shape index (κ3) is 4.50. The smallest absolute Gasteiger partial charge is 0.338 e. The van der Waals surface area contributed by atoms with Gasteiger partial charge in [-0.3, -0.25) is 0 Å². The van der Waals surface area contributed by atoms with Crippen molar-refractivity contribution in [2.45, 2.75) is 26.1 Å². The molecule has 0 radical (unpaired) electrons. The van der Waals surface area contributed by atoms with Crippen molar-refractivity contribution >= 4 is 5.97 Å². The number of hydrogen-bond donors (Lipinski definition) is 0. The van der Waals surface area contributed by atoms with Gasteiger partial charge in [-0.2, -0.15) is 0 Å². The molecule has 1 aliphatic heterocycles. The maximum absolute atomic E-state index is 14.1. The van der Waals surface area contributed by atoms with Crippen LogP contribution in [0.2, 0.25) is 0 Å². The first-order valence-electron chi connectivity index (χ1n) is 9.53. The van der Waals surface area contributed by atoms with Crippen LogP contribution < -0.4 is 4.74 Å². The van der Waals surface area contributed by atoms with E-state index in [-0.39, 0.29) is 13.2 Å². The number of esters is 1. The van der Waals surface area contributed by atoms with E-state index in [2.05, 4.69) is 0 Å². The molecule has 4 rings (SSSR count). The van der Waals surface area contributed by atoms with Crippen LogP contribution >= 0.6 is 0 Å². The number of hydrogen-bond acceptors (Lipinski definition) is 5. The number of benzene rings is 3. The second kappa shape index (κ2) is 9.07. The molecule has 5 nitrogen and oxygen atoms in total. The van der Waals surface area contributed by atoms with Crippen molar-refractivity contribution in [2.24, 2.45) is 0 Å². The monoisotopic (exact) mass is 408 g/mol. The lowest BCUT2D eigenvalue weighted by molar-refractivity contribution is -0.112. The largest absolute Gasteiger partial charge is 0.460 e. The highest BCUT2D eigenvalue weighted by atomic mass is 19.1. The van der Waals surface area contributed by atoms with E-state index in [1.54, 1.807) is 25.3 Å². The third-order valence-corrected chi connectivity index (χ3v) is 4.73. The zero-order valence-electron chi connectivity index (χ0n) is 16.5. The summed E-state index contributed by atoms with van der Waals surface area (Å²) in [6.45, 7) is 0.481. The number of carbonyl (C=O) groups excluding carboxylic acids is 1. The van der Waals surface area contributed by atoms with Gasteiger partial charge in [-0.05, 0) is 29.8 Å². The van der Waals surface area contributed by atoms with Crippen molar-refractivity contribution in [3.63, 3.8) is 0 Å². The van der Waals surface area contributed by atoms with E-state index < -0.39 is 18.1 Å². The summed E-state index contributed by atoms with van der Waals surface area (Å²) in [6, 6.07) is 19.2. The Morgan fingerprint density at radius 1 is 1.07 bits per heavy atom. The first-order chi connectivity index (χ1) is 14.6. The van der Waals surface area contributed by atoms with Gasteiger partial charge in [0.25, 0.3) is 0 Å². The summed E-state index contributed by atoms with van der Waals surface area (Å²) in [5.41, 5.74) is 3.15. The SMILES string of the molecule is COCc1cccc(C(=O)OCc2cc(F)cc3c2O[C@@H](c2ccccc2)OC3)c1. The molecule has 0 N–H and O–H groups in total. The number of fused-ring (bicyclic) bond motifs is 1. The zero-order chi connectivity index (χ0) is 20.9. The molecule has 1 atom stereocenters. The van der Waals surface area contributed by atoms with Crippen LogP contribution in [0, 0.1) is 5.82 Å². The van der Waals surface area contributed by atoms with Gasteiger partial charge < -0.3 is 18.9 Å². The fraction of sp³-hybridized carbons (Fsp3) is 0.208. The Bertz CT molecular complexity index is 1040. The van der Waals surface area contributed by atoms with Crippen LogP contribution in [0.15, 0.2) is 66.7 Å². The summed E-state index contributed by atoms with van der Waals surface area (Å²) < 4.78 is 36.3. The van der Waals surface area contributed by atoms with Gasteiger partial charge in [0, 0.05) is 23.8 Å². The van der Waals surface area contributed by atoms with Crippen molar-refractivity contribution in [1.29, 1.82) is 0 Å². The standard InChI is InChI=1S/C24H21FO5/c1-27-13-16-6-5-9-18(10-16)23(26)28-14-19-11-21(25)12-20-15-29-24(30-22(19)20)17-7-3-2-4-8-17/h2-12,24H,13-15H2,1H3/t24-/m0/s1. The van der Waals surface area contributed by atoms with Crippen molar-refractivity contribution in [1.82, 2.24) is 0 Å². The van der Waals surface area contributed by atoms with E-state index in [1.807, 2.05) is 36.4 Å². The highest BCUT2D eigenvalue weighted by Crippen LogP contribution is 2.36. The van der Waals surface area contributed by atoms with Crippen LogP contribution in [0.5, 0.6) is 5.75 Å². The van der Waals surface area contributed by atoms with Crippen LogP contribution in [-0.2, 0) is 34.0 Å². The van der Waals surface area contributed by atoms with Crippen LogP contribution in [-0.4, -0.2) is 13.1 Å². The van der Waals surface area contributed by atoms with Crippen molar-refractivity contribution in [2.75, 3.05) is 7.11 Å². The number of rotatable bonds is 6. The Labute approximate surface area is 174 Å². The van der Waals surface area contributed by atoms with E-state index in [1.165, 1.54) is 12.1 Å². The average Bonchev–Trinajstić information content (AvgIpc) is 2.78. The molecular formula is C24H21FO5. The van der Waals surface area contributed by atoms with Gasteiger partial charge in [0.2, 0.25) is 6.29 Å². The lowest BCUT2D eigenvalue weighted by Crippen LogP contribution is -2.20. The molecule has 3 aromatic rings. The molecule has 1 aliphatic rings. The van der Waals surface area contributed by atoms with Gasteiger partial charge in [-0.15, -0.1) is 0 Å². The summed E-state index contributed by atoms with van der Waals surface area (Å²) in [7, 11) is 1.59. The zero-order valence-corrected chi connectivity index (χ0v) is 16.5. The minimum atomic E-state index is -0.607. The van der Waals surface area contributed by atoms with E-state index in [9.17, 15) is 9.18 Å². The van der Waals surface area contributed by atoms with Crippen LogP contribution in [0.25, 0.3) is 0 Å². The Balaban J connectivity index is 1.52. The molecule has 3 aromatic carbocycles. The van der Waals surface area contributed by atoms with E-state index in [0.29, 0.717) is 29.0 Å². The highest BCUT2D eigenvalue weighted by Gasteiger charge is 2.25. The Morgan fingerprint density at radius 2 is 1.90 bits per heavy atom. The highest BCUT2D eigenvalue weighted by molar-refractivity contribution is 5.89. The summed E-state index contributed by atoms with van der Waals surface area (Å²) in [5.74, 6) is -0.456. The van der Waals surface area contributed by atoms with E-state index in [0.717, 1.165) is 11.1 Å². The molecule has 6 heteroatoms. The van der Waals surface area contributed by atoms with Crippen LogP contribution in [0.3, 0.4) is 0 Å². The maximum Gasteiger partial charge on any atom is 0.338 e. The predicted molar refractivity (Wildman–Crippen MR) is 107 cm³/mol. The van der Waals surface area contributed by atoms with E-state index >= 15 is 0 Å². The molecule has 0 spiro atoms. The summed E-state index contributed by atoms with van der Waals surface area (Å²) in [5, 5.41) is 0. The molecular weight excluding hydrogens is 387 g/mol. The van der Waals surface area contributed by atoms with Gasteiger partial charge in [0.1, 0.15) is 18.2 Å². The molecule has 0 aliphatic carbocycles. The van der Waals surface area contributed by atoms with E-state index in [4.69, 9.17) is 18.9 Å². The van der Waals surface area contributed by atoms with Gasteiger partial charge in [-0.25, -0.2) is 9.18 Å². The molecule has 30 heavy (non-hydrogen) atoms. The average molecular weight is 408 g/mol. The molecule has 0 fully saturated rings. The lowest BCUT2D eigenvalue weighted by atomic mass is 10.1. The number of halogens is 1. The fourth-order valence-electron chi connectivity index (χ4n) is 3.34. The Hall–Kier alpha value is -3.22. The second-order valence-corrected chi connectivity index (χ2v) is 6.93. The molecule has 0 saturated heterocycles. The van der Waals surface area contributed by atoms with Gasteiger partial charge in [-0.1, -0.05) is 42.5 Å². The summed E-state index contributed by atoms with van der Waals surface area (Å²) >= 11 is 0. The predicted octanol–water partition coefficient (Wildman–Crippen LogP) is 4.94. The summed E-state index contributed by atoms with van der Waals surface area (Å²) in [6.07, 6.45) is -0.607. The number of carbonyl (C=O) groups is 1. The topological polar surface area (TPSA) is 54.0 Å². The molecule has 154 valence electrons. The number of ether oxygens (including phenoxy) is 4. The van der Waals surface area contributed by atoms with Crippen LogP contribution in [0.4, 0.5) is 4.39 Å². The molecule has 0 amide bonds. The fourth-order valence-corrected chi connectivity index (χ4v) is 3.34. The first kappa shape index (κ1) is 20.1. The lowest BCUT2D eigenvalue weighted by Gasteiger charge is -2.28. The van der Waals surface area contributed by atoms with Crippen molar-refractivity contribution in [3.05, 3.63) is 100 Å². The molecule has 1 heterocycles. The quantitative estimate of drug-likeness (QED) is 0.541. The normalized spacial score (nSPS) is 15.2. The molecule has 0 bridgehead atoms. The summed E-state index contributed by atoms with van der Waals surface area (Å²) in [4.78, 5) is 12.5. The second-order valence-electron chi connectivity index (χ2n) is 6.93. The Kier molecular flexibility index (Phi) is 6.07. The minimum Gasteiger partial charge on any atom is -0.460 e. The third-order valence-electron chi connectivity index (χ3n) is 4.73. The number of methoxy groups -OCH3 is 1. The maximum atomic E-state index is 14.1. The van der Waals surface area contributed by atoms with Gasteiger partial charge >= 0.3 is 5.97 Å². The first-order valence-corrected chi connectivity index (χ1v) is 9.53. The molecule has 0 unspecified atom stereocenters. The van der Waals surface area contributed by atoms with Crippen LogP contribution in [0.1, 0.15) is 38.9 Å². The van der Waals surface area contributed by atoms with Crippen molar-refractivity contribution in [3.8, 4) is 5.75 Å². The molecule has 0 saturated carbocycles. The van der Waals surface area contributed by atoms with Gasteiger partial charge in [0.05, 0.1) is 18.8 Å². The minimum absolute atomic E-state index is 0.116. The van der Waals surface area contributed by atoms with Gasteiger partial charge in [0.15, 0.2) is 0 Å². The molecule has 0 aromatic heterocycles. The Morgan fingerprint density at radius 3 is 2.70 bits per heavy atom. The van der Waals surface area contributed by atoms with Crippen molar-refractivity contribution < 1.29 is 28.1 Å².